The van der Waals surface area contributed by atoms with Crippen molar-refractivity contribution in [3.63, 3.8) is 0 Å². The molecule has 1 aliphatic carbocycles. The second-order valence-corrected chi connectivity index (χ2v) is 7.98. The van der Waals surface area contributed by atoms with Crippen LogP contribution in [0.1, 0.15) is 47.2 Å². The average molecular weight is 390 g/mol. The van der Waals surface area contributed by atoms with Crippen molar-refractivity contribution >= 4 is 17.7 Å². The van der Waals surface area contributed by atoms with Crippen LogP contribution >= 0.6 is 0 Å². The zero-order valence-electron chi connectivity index (χ0n) is 16.0. The van der Waals surface area contributed by atoms with Crippen molar-refractivity contribution < 1.29 is 14.4 Å². The van der Waals surface area contributed by atoms with Crippen LogP contribution in [0.2, 0.25) is 0 Å². The van der Waals surface area contributed by atoms with Gasteiger partial charge >= 0.3 is 0 Å². The van der Waals surface area contributed by atoms with Crippen LogP contribution in [-0.4, -0.2) is 39.7 Å². The molecule has 7 heteroatoms. The van der Waals surface area contributed by atoms with E-state index in [4.69, 9.17) is 0 Å². The normalized spacial score (nSPS) is 21.3. The zero-order valence-corrected chi connectivity index (χ0v) is 16.0. The molecule has 7 nitrogen and oxygen atoms in total. The van der Waals surface area contributed by atoms with Gasteiger partial charge in [0.1, 0.15) is 6.04 Å². The lowest BCUT2D eigenvalue weighted by Gasteiger charge is -2.29. The molecule has 3 heterocycles. The van der Waals surface area contributed by atoms with Gasteiger partial charge in [-0.3, -0.25) is 24.7 Å². The highest BCUT2D eigenvalue weighted by molar-refractivity contribution is 6.05. The molecular formula is C22H22N4O3. The van der Waals surface area contributed by atoms with Gasteiger partial charge in [-0.25, -0.2) is 0 Å². The third-order valence-corrected chi connectivity index (χ3v) is 5.82. The highest BCUT2D eigenvalue weighted by Gasteiger charge is 2.39. The van der Waals surface area contributed by atoms with Crippen LogP contribution in [-0.2, 0) is 22.7 Å². The van der Waals surface area contributed by atoms with E-state index in [1.807, 2.05) is 30.5 Å². The Balaban J connectivity index is 1.36. The summed E-state index contributed by atoms with van der Waals surface area (Å²) in [7, 11) is 0. The maximum absolute atomic E-state index is 12.8. The number of carbonyl (C=O) groups excluding carboxylic acids is 3. The molecule has 1 aromatic heterocycles. The van der Waals surface area contributed by atoms with Crippen molar-refractivity contribution in [2.24, 2.45) is 0 Å². The van der Waals surface area contributed by atoms with Gasteiger partial charge in [0.25, 0.3) is 5.91 Å². The van der Waals surface area contributed by atoms with E-state index in [-0.39, 0.29) is 24.1 Å². The fraction of sp³-hybridized carbons (Fsp3) is 0.364. The summed E-state index contributed by atoms with van der Waals surface area (Å²) in [5.41, 5.74) is 4.51. The average Bonchev–Trinajstić information content (AvgIpc) is 3.50. The quantitative estimate of drug-likeness (QED) is 0.759. The lowest BCUT2D eigenvalue weighted by atomic mass is 10.0. The number of hydrogen-bond acceptors (Lipinski definition) is 5. The minimum absolute atomic E-state index is 0.156. The summed E-state index contributed by atoms with van der Waals surface area (Å²) in [5.74, 6) is -0.823. The molecule has 1 saturated heterocycles. The van der Waals surface area contributed by atoms with Crippen molar-refractivity contribution in [1.82, 2.24) is 20.5 Å². The predicted molar refractivity (Wildman–Crippen MR) is 106 cm³/mol. The Bertz CT molecular complexity index is 1010. The first-order valence-electron chi connectivity index (χ1n) is 10.0. The number of piperidine rings is 1. The lowest BCUT2D eigenvalue weighted by Crippen LogP contribution is -2.52. The van der Waals surface area contributed by atoms with Gasteiger partial charge in [0.15, 0.2) is 0 Å². The molecular weight excluding hydrogens is 368 g/mol. The molecule has 3 aliphatic rings. The van der Waals surface area contributed by atoms with E-state index in [9.17, 15) is 14.4 Å². The van der Waals surface area contributed by atoms with Crippen molar-refractivity contribution in [1.29, 1.82) is 0 Å². The van der Waals surface area contributed by atoms with E-state index in [1.165, 1.54) is 18.4 Å². The number of hydrogen-bond donors (Lipinski definition) is 2. The first kappa shape index (κ1) is 18.0. The van der Waals surface area contributed by atoms with E-state index in [2.05, 4.69) is 21.7 Å². The molecule has 2 aromatic rings. The van der Waals surface area contributed by atoms with Gasteiger partial charge in [-0.05, 0) is 54.7 Å². The molecule has 5 rings (SSSR count). The zero-order chi connectivity index (χ0) is 20.0. The molecule has 2 N–H and O–H groups in total. The van der Waals surface area contributed by atoms with Crippen molar-refractivity contribution in [2.75, 3.05) is 0 Å². The Hall–Kier alpha value is -3.06. The SMILES string of the molecule is O=C1CCC(N2Cc3cc(-c4cc(CNC5CC5)ccn4)ccc3C2=O)C(=O)N1. The van der Waals surface area contributed by atoms with Gasteiger partial charge in [-0.2, -0.15) is 0 Å². The molecule has 1 atom stereocenters. The third-order valence-electron chi connectivity index (χ3n) is 5.82. The molecule has 0 bridgehead atoms. The van der Waals surface area contributed by atoms with Crippen LogP contribution in [0.4, 0.5) is 0 Å². The molecule has 0 spiro atoms. The molecule has 148 valence electrons. The van der Waals surface area contributed by atoms with Crippen molar-refractivity contribution in [3.8, 4) is 11.3 Å². The largest absolute Gasteiger partial charge is 0.322 e. The highest BCUT2D eigenvalue weighted by Crippen LogP contribution is 2.31. The second kappa shape index (κ2) is 7.08. The monoisotopic (exact) mass is 390 g/mol. The molecule has 0 radical (unpaired) electrons. The number of nitrogens with zero attached hydrogens (tertiary/aromatic N) is 2. The van der Waals surface area contributed by atoms with Gasteiger partial charge in [-0.1, -0.05) is 6.07 Å². The van der Waals surface area contributed by atoms with E-state index in [0.29, 0.717) is 24.6 Å². The number of amides is 3. The van der Waals surface area contributed by atoms with E-state index >= 15 is 0 Å². The number of fused-ring (bicyclic) bond motifs is 1. The molecule has 29 heavy (non-hydrogen) atoms. The van der Waals surface area contributed by atoms with Crippen LogP contribution in [0.25, 0.3) is 11.3 Å². The summed E-state index contributed by atoms with van der Waals surface area (Å²) in [5, 5.41) is 5.84. The smallest absolute Gasteiger partial charge is 0.255 e. The van der Waals surface area contributed by atoms with Gasteiger partial charge < -0.3 is 10.2 Å². The number of carbonyl (C=O) groups is 3. The predicted octanol–water partition coefficient (Wildman–Crippen LogP) is 1.76. The Labute approximate surface area is 168 Å². The standard InChI is InChI=1S/C22H22N4O3/c27-20-6-5-19(21(28)25-20)26-12-15-10-14(1-4-17(15)22(26)29)18-9-13(7-8-23-18)11-24-16-2-3-16/h1,4,7-10,16,19,24H,2-3,5-6,11-12H2,(H,25,27,28). The molecule has 1 saturated carbocycles. The van der Waals surface area contributed by atoms with Gasteiger partial charge in [0.2, 0.25) is 11.8 Å². The summed E-state index contributed by atoms with van der Waals surface area (Å²) in [4.78, 5) is 42.5. The Kier molecular flexibility index (Phi) is 4.39. The summed E-state index contributed by atoms with van der Waals surface area (Å²) < 4.78 is 0. The van der Waals surface area contributed by atoms with Crippen molar-refractivity contribution in [3.05, 3.63) is 53.2 Å². The highest BCUT2D eigenvalue weighted by atomic mass is 16.2. The third kappa shape index (κ3) is 3.53. The summed E-state index contributed by atoms with van der Waals surface area (Å²) in [6.07, 6.45) is 4.94. The lowest BCUT2D eigenvalue weighted by molar-refractivity contribution is -0.136. The maximum atomic E-state index is 12.8. The topological polar surface area (TPSA) is 91.4 Å². The number of imide groups is 1. The van der Waals surface area contributed by atoms with E-state index in [1.54, 1.807) is 4.90 Å². The van der Waals surface area contributed by atoms with Gasteiger partial charge in [0, 0.05) is 42.9 Å². The van der Waals surface area contributed by atoms with Gasteiger partial charge in [-0.15, -0.1) is 0 Å². The first-order valence-corrected chi connectivity index (χ1v) is 10.0. The number of nitrogens with one attached hydrogen (secondary N) is 2. The van der Waals surface area contributed by atoms with Crippen LogP contribution in [0, 0.1) is 0 Å². The van der Waals surface area contributed by atoms with E-state index in [0.717, 1.165) is 23.4 Å². The van der Waals surface area contributed by atoms with E-state index < -0.39 is 6.04 Å². The molecule has 2 aliphatic heterocycles. The maximum Gasteiger partial charge on any atom is 0.255 e. The summed E-state index contributed by atoms with van der Waals surface area (Å²) >= 11 is 0. The Morgan fingerprint density at radius 2 is 1.97 bits per heavy atom. The van der Waals surface area contributed by atoms with Crippen LogP contribution in [0.15, 0.2) is 36.5 Å². The Morgan fingerprint density at radius 3 is 2.76 bits per heavy atom. The molecule has 3 amide bonds. The van der Waals surface area contributed by atoms with Crippen LogP contribution < -0.4 is 10.6 Å². The second-order valence-electron chi connectivity index (χ2n) is 7.98. The number of pyridine rings is 1. The Morgan fingerprint density at radius 1 is 1.10 bits per heavy atom. The van der Waals surface area contributed by atoms with Crippen LogP contribution in [0.3, 0.4) is 0 Å². The number of rotatable bonds is 5. The summed E-state index contributed by atoms with van der Waals surface area (Å²) in [6, 6.07) is 9.86. The minimum Gasteiger partial charge on any atom is -0.322 e. The van der Waals surface area contributed by atoms with Crippen molar-refractivity contribution in [2.45, 2.75) is 50.9 Å². The van der Waals surface area contributed by atoms with Gasteiger partial charge in [0.05, 0.1) is 5.69 Å². The number of aromatic nitrogens is 1. The molecule has 1 unspecified atom stereocenters. The molecule has 2 fully saturated rings. The first-order chi connectivity index (χ1) is 14.1. The molecule has 1 aromatic carbocycles. The fourth-order valence-electron chi connectivity index (χ4n) is 4.03. The minimum atomic E-state index is -0.592. The van der Waals surface area contributed by atoms with Crippen LogP contribution in [0.5, 0.6) is 0 Å². The number of benzene rings is 1. The fourth-order valence-corrected chi connectivity index (χ4v) is 4.03. The summed E-state index contributed by atoms with van der Waals surface area (Å²) in [6.45, 7) is 1.20.